The molecule has 0 heterocycles. The zero-order valence-electron chi connectivity index (χ0n) is 8.04. The Labute approximate surface area is 76.7 Å². The molecule has 1 aliphatic rings. The maximum atomic E-state index is 12.1. The second-order valence-electron chi connectivity index (χ2n) is 4.43. The molecule has 1 rings (SSSR count). The van der Waals surface area contributed by atoms with Crippen molar-refractivity contribution in [3.63, 3.8) is 0 Å². The Hall–Kier alpha value is -0.250. The third-order valence-corrected chi connectivity index (χ3v) is 2.68. The highest BCUT2D eigenvalue weighted by Gasteiger charge is 2.46. The molecule has 1 aliphatic carbocycles. The van der Waals surface area contributed by atoms with Crippen LogP contribution in [0.3, 0.4) is 0 Å². The molecule has 0 aromatic rings. The minimum Gasteiger partial charge on any atom is -0.319 e. The summed E-state index contributed by atoms with van der Waals surface area (Å²) < 4.78 is 36.2. The lowest BCUT2D eigenvalue weighted by Crippen LogP contribution is -2.42. The Morgan fingerprint density at radius 3 is 2.31 bits per heavy atom. The minimum atomic E-state index is -4.00. The van der Waals surface area contributed by atoms with Gasteiger partial charge in [-0.2, -0.15) is 13.2 Å². The lowest BCUT2D eigenvalue weighted by molar-refractivity contribution is -0.172. The van der Waals surface area contributed by atoms with E-state index < -0.39 is 18.0 Å². The van der Waals surface area contributed by atoms with Crippen molar-refractivity contribution in [3.05, 3.63) is 0 Å². The smallest absolute Gasteiger partial charge is 0.319 e. The Kier molecular flexibility index (Phi) is 2.90. The number of rotatable bonds is 3. The van der Waals surface area contributed by atoms with E-state index in [2.05, 4.69) is 5.32 Å². The van der Waals surface area contributed by atoms with Gasteiger partial charge in [0.05, 0.1) is 0 Å². The van der Waals surface area contributed by atoms with Gasteiger partial charge in [-0.25, -0.2) is 0 Å². The Morgan fingerprint density at radius 1 is 1.38 bits per heavy atom. The molecule has 4 heteroatoms. The SMILES string of the molecule is CNCC1CC(C)(CC(F)(F)F)C1. The molecular weight excluding hydrogens is 179 g/mol. The summed E-state index contributed by atoms with van der Waals surface area (Å²) in [7, 11) is 1.83. The molecule has 1 fully saturated rings. The fourth-order valence-electron chi connectivity index (χ4n) is 2.40. The second kappa shape index (κ2) is 3.48. The first-order chi connectivity index (χ1) is 5.85. The summed E-state index contributed by atoms with van der Waals surface area (Å²) in [6, 6.07) is 0. The maximum absolute atomic E-state index is 12.1. The molecule has 1 nitrogen and oxygen atoms in total. The zero-order valence-corrected chi connectivity index (χ0v) is 8.04. The van der Waals surface area contributed by atoms with Gasteiger partial charge in [-0.3, -0.25) is 0 Å². The summed E-state index contributed by atoms with van der Waals surface area (Å²) in [5, 5.41) is 2.99. The molecule has 78 valence electrons. The fourth-order valence-corrected chi connectivity index (χ4v) is 2.40. The third kappa shape index (κ3) is 3.18. The van der Waals surface area contributed by atoms with Gasteiger partial charge < -0.3 is 5.32 Å². The molecule has 0 radical (unpaired) electrons. The first-order valence-corrected chi connectivity index (χ1v) is 4.56. The van der Waals surface area contributed by atoms with E-state index in [-0.39, 0.29) is 0 Å². The first-order valence-electron chi connectivity index (χ1n) is 4.56. The fraction of sp³-hybridized carbons (Fsp3) is 1.00. The standard InChI is InChI=1S/C9H16F3N/c1-8(6-9(10,11)12)3-7(4-8)5-13-2/h7,13H,3-6H2,1-2H3. The largest absolute Gasteiger partial charge is 0.389 e. The zero-order chi connectivity index (χ0) is 10.1. The van der Waals surface area contributed by atoms with Crippen LogP contribution in [0.25, 0.3) is 0 Å². The number of hydrogen-bond donors (Lipinski definition) is 1. The van der Waals surface area contributed by atoms with Gasteiger partial charge in [-0.05, 0) is 37.8 Å². The van der Waals surface area contributed by atoms with Crippen LogP contribution in [-0.2, 0) is 0 Å². The molecule has 0 saturated heterocycles. The van der Waals surface area contributed by atoms with E-state index in [1.807, 2.05) is 7.05 Å². The minimum absolute atomic E-state index is 0.442. The van der Waals surface area contributed by atoms with Crippen molar-refractivity contribution >= 4 is 0 Å². The van der Waals surface area contributed by atoms with Crippen LogP contribution in [0.5, 0.6) is 0 Å². The lowest BCUT2D eigenvalue weighted by atomic mass is 9.61. The first kappa shape index (κ1) is 10.8. The predicted molar refractivity (Wildman–Crippen MR) is 45.4 cm³/mol. The molecule has 0 unspecified atom stereocenters. The number of alkyl halides is 3. The van der Waals surface area contributed by atoms with Crippen LogP contribution in [0.4, 0.5) is 13.2 Å². The lowest BCUT2D eigenvalue weighted by Gasteiger charge is -2.45. The Balaban J connectivity index is 2.30. The van der Waals surface area contributed by atoms with Gasteiger partial charge in [0.1, 0.15) is 0 Å². The predicted octanol–water partition coefficient (Wildman–Crippen LogP) is 2.57. The highest BCUT2D eigenvalue weighted by molar-refractivity contribution is 4.92. The highest BCUT2D eigenvalue weighted by atomic mass is 19.4. The average Bonchev–Trinajstić information content (AvgIpc) is 1.80. The summed E-state index contributed by atoms with van der Waals surface area (Å²) in [6.07, 6.45) is -3.22. The van der Waals surface area contributed by atoms with Crippen LogP contribution in [-0.4, -0.2) is 19.8 Å². The molecule has 13 heavy (non-hydrogen) atoms. The number of halogens is 3. The maximum Gasteiger partial charge on any atom is 0.389 e. The van der Waals surface area contributed by atoms with Crippen LogP contribution >= 0.6 is 0 Å². The van der Waals surface area contributed by atoms with Crippen LogP contribution < -0.4 is 5.32 Å². The van der Waals surface area contributed by atoms with E-state index in [1.54, 1.807) is 6.92 Å². The molecule has 0 amide bonds. The highest BCUT2D eigenvalue weighted by Crippen LogP contribution is 2.51. The summed E-state index contributed by atoms with van der Waals surface area (Å²) in [5.74, 6) is 0.442. The van der Waals surface area contributed by atoms with Gasteiger partial charge in [0.25, 0.3) is 0 Å². The summed E-state index contributed by atoms with van der Waals surface area (Å²) in [4.78, 5) is 0. The number of hydrogen-bond acceptors (Lipinski definition) is 1. The average molecular weight is 195 g/mol. The van der Waals surface area contributed by atoms with Gasteiger partial charge in [0.15, 0.2) is 0 Å². The van der Waals surface area contributed by atoms with Crippen molar-refractivity contribution < 1.29 is 13.2 Å². The third-order valence-electron chi connectivity index (χ3n) is 2.68. The normalized spacial score (nSPS) is 34.4. The van der Waals surface area contributed by atoms with E-state index in [0.29, 0.717) is 18.8 Å². The van der Waals surface area contributed by atoms with Crippen molar-refractivity contribution in [3.8, 4) is 0 Å². The van der Waals surface area contributed by atoms with Gasteiger partial charge in [-0.15, -0.1) is 0 Å². The van der Waals surface area contributed by atoms with Crippen LogP contribution in [0.1, 0.15) is 26.2 Å². The van der Waals surface area contributed by atoms with Gasteiger partial charge in [-0.1, -0.05) is 6.92 Å². The molecule has 0 spiro atoms. The Bertz CT molecular complexity index is 170. The summed E-state index contributed by atoms with van der Waals surface area (Å²) >= 11 is 0. The van der Waals surface area contributed by atoms with E-state index in [4.69, 9.17) is 0 Å². The van der Waals surface area contributed by atoms with Crippen molar-refractivity contribution in [2.45, 2.75) is 32.4 Å². The van der Waals surface area contributed by atoms with Crippen LogP contribution in [0.2, 0.25) is 0 Å². The molecule has 0 atom stereocenters. The van der Waals surface area contributed by atoms with E-state index in [0.717, 1.165) is 6.54 Å². The molecule has 0 aromatic heterocycles. The van der Waals surface area contributed by atoms with Crippen LogP contribution in [0.15, 0.2) is 0 Å². The van der Waals surface area contributed by atoms with Crippen molar-refractivity contribution in [1.82, 2.24) is 5.32 Å². The monoisotopic (exact) mass is 195 g/mol. The Morgan fingerprint density at radius 2 is 1.92 bits per heavy atom. The molecule has 0 bridgehead atoms. The molecule has 1 N–H and O–H groups in total. The second-order valence-corrected chi connectivity index (χ2v) is 4.43. The summed E-state index contributed by atoms with van der Waals surface area (Å²) in [6.45, 7) is 2.57. The number of nitrogens with one attached hydrogen (secondary N) is 1. The topological polar surface area (TPSA) is 12.0 Å². The van der Waals surface area contributed by atoms with Crippen molar-refractivity contribution in [2.24, 2.45) is 11.3 Å². The quantitative estimate of drug-likeness (QED) is 0.729. The van der Waals surface area contributed by atoms with Crippen molar-refractivity contribution in [1.29, 1.82) is 0 Å². The molecule has 0 aromatic carbocycles. The van der Waals surface area contributed by atoms with Crippen molar-refractivity contribution in [2.75, 3.05) is 13.6 Å². The molecular formula is C9H16F3N. The van der Waals surface area contributed by atoms with E-state index >= 15 is 0 Å². The van der Waals surface area contributed by atoms with E-state index in [9.17, 15) is 13.2 Å². The molecule has 0 aliphatic heterocycles. The molecule has 1 saturated carbocycles. The summed E-state index contributed by atoms with van der Waals surface area (Å²) in [5.41, 5.74) is -0.486. The van der Waals surface area contributed by atoms with Crippen LogP contribution in [0, 0.1) is 11.3 Å². The van der Waals surface area contributed by atoms with Gasteiger partial charge in [0, 0.05) is 6.42 Å². The van der Waals surface area contributed by atoms with E-state index in [1.165, 1.54) is 0 Å². The van der Waals surface area contributed by atoms with Gasteiger partial charge in [0.2, 0.25) is 0 Å². The van der Waals surface area contributed by atoms with Gasteiger partial charge >= 0.3 is 6.18 Å².